The SMILES string of the molecule is Cc1ccc2[nH]cc(CCC(=O)N3CC(C(=O)O)C(c4ccccc4)C3)c2c1. The van der Waals surface area contributed by atoms with E-state index in [4.69, 9.17) is 0 Å². The van der Waals surface area contributed by atoms with E-state index in [0.717, 1.165) is 22.0 Å². The molecular formula is C23H24N2O3. The number of rotatable bonds is 5. The van der Waals surface area contributed by atoms with Crippen LogP contribution in [0.1, 0.15) is 29.0 Å². The fourth-order valence-electron chi connectivity index (χ4n) is 4.19. The summed E-state index contributed by atoms with van der Waals surface area (Å²) in [5, 5.41) is 10.8. The topological polar surface area (TPSA) is 73.4 Å². The van der Waals surface area contributed by atoms with Gasteiger partial charge in [-0.15, -0.1) is 0 Å². The number of carbonyl (C=O) groups is 2. The van der Waals surface area contributed by atoms with Crippen LogP contribution in [0.3, 0.4) is 0 Å². The van der Waals surface area contributed by atoms with Gasteiger partial charge in [-0.25, -0.2) is 0 Å². The molecule has 1 aliphatic heterocycles. The third-order valence-corrected chi connectivity index (χ3v) is 5.75. The third-order valence-electron chi connectivity index (χ3n) is 5.75. The van der Waals surface area contributed by atoms with Crippen LogP contribution in [-0.4, -0.2) is 40.0 Å². The number of benzene rings is 2. The van der Waals surface area contributed by atoms with Gasteiger partial charge < -0.3 is 15.0 Å². The molecule has 0 aliphatic carbocycles. The van der Waals surface area contributed by atoms with Crippen molar-refractivity contribution in [3.8, 4) is 0 Å². The monoisotopic (exact) mass is 376 g/mol. The summed E-state index contributed by atoms with van der Waals surface area (Å²) >= 11 is 0. The summed E-state index contributed by atoms with van der Waals surface area (Å²) in [5.74, 6) is -1.52. The van der Waals surface area contributed by atoms with Crippen LogP contribution in [-0.2, 0) is 16.0 Å². The molecule has 0 radical (unpaired) electrons. The quantitative estimate of drug-likeness (QED) is 0.712. The molecule has 1 aromatic heterocycles. The van der Waals surface area contributed by atoms with Crippen LogP contribution < -0.4 is 0 Å². The van der Waals surface area contributed by atoms with Gasteiger partial charge in [0.2, 0.25) is 5.91 Å². The second-order valence-electron chi connectivity index (χ2n) is 7.62. The predicted octanol–water partition coefficient (Wildman–Crippen LogP) is 3.74. The first-order chi connectivity index (χ1) is 13.5. The molecule has 0 saturated carbocycles. The molecule has 0 spiro atoms. The highest BCUT2D eigenvalue weighted by atomic mass is 16.4. The summed E-state index contributed by atoms with van der Waals surface area (Å²) in [6.07, 6.45) is 3.00. The lowest BCUT2D eigenvalue weighted by Crippen LogP contribution is -2.30. The maximum Gasteiger partial charge on any atom is 0.308 e. The number of nitrogens with one attached hydrogen (secondary N) is 1. The molecule has 0 bridgehead atoms. The number of carboxylic acid groups (broad SMARTS) is 1. The van der Waals surface area contributed by atoms with Gasteiger partial charge in [0.05, 0.1) is 5.92 Å². The molecule has 144 valence electrons. The summed E-state index contributed by atoms with van der Waals surface area (Å²) in [6, 6.07) is 15.9. The summed E-state index contributed by atoms with van der Waals surface area (Å²) in [6.45, 7) is 2.80. The van der Waals surface area contributed by atoms with Crippen molar-refractivity contribution in [2.45, 2.75) is 25.7 Å². The molecule has 3 aromatic rings. The van der Waals surface area contributed by atoms with Gasteiger partial charge in [-0.3, -0.25) is 9.59 Å². The van der Waals surface area contributed by atoms with Crippen molar-refractivity contribution < 1.29 is 14.7 Å². The summed E-state index contributed by atoms with van der Waals surface area (Å²) in [7, 11) is 0. The number of nitrogens with zero attached hydrogens (tertiary/aromatic N) is 1. The number of aliphatic carboxylic acids is 1. The van der Waals surface area contributed by atoms with E-state index in [1.165, 1.54) is 5.56 Å². The van der Waals surface area contributed by atoms with E-state index >= 15 is 0 Å². The predicted molar refractivity (Wildman–Crippen MR) is 108 cm³/mol. The number of H-pyrrole nitrogens is 1. The average molecular weight is 376 g/mol. The highest BCUT2D eigenvalue weighted by molar-refractivity contribution is 5.85. The second kappa shape index (κ2) is 7.50. The standard InChI is InChI=1S/C23H24N2O3/c1-15-7-9-21-18(11-15)17(12-24-21)8-10-22(26)25-13-19(20(14-25)23(27)28)16-5-3-2-4-6-16/h2-7,9,11-12,19-20,24H,8,10,13-14H2,1H3,(H,27,28). The molecule has 1 amide bonds. The zero-order chi connectivity index (χ0) is 19.7. The van der Waals surface area contributed by atoms with Gasteiger partial charge in [0.25, 0.3) is 0 Å². The molecule has 4 rings (SSSR count). The average Bonchev–Trinajstić information content (AvgIpc) is 3.31. The largest absolute Gasteiger partial charge is 0.481 e. The maximum absolute atomic E-state index is 12.8. The van der Waals surface area contributed by atoms with Crippen molar-refractivity contribution in [2.75, 3.05) is 13.1 Å². The van der Waals surface area contributed by atoms with Crippen LogP contribution in [0.25, 0.3) is 10.9 Å². The lowest BCUT2D eigenvalue weighted by molar-refractivity contribution is -0.141. The van der Waals surface area contributed by atoms with Crippen LogP contribution in [0.15, 0.2) is 54.7 Å². The Labute approximate surface area is 164 Å². The zero-order valence-electron chi connectivity index (χ0n) is 15.9. The summed E-state index contributed by atoms with van der Waals surface area (Å²) in [5.41, 5.74) is 4.37. The Morgan fingerprint density at radius 1 is 1.14 bits per heavy atom. The van der Waals surface area contributed by atoms with Crippen molar-refractivity contribution in [1.29, 1.82) is 0 Å². The molecule has 2 heterocycles. The first-order valence-electron chi connectivity index (χ1n) is 9.65. The number of hydrogen-bond acceptors (Lipinski definition) is 2. The molecule has 2 aromatic carbocycles. The fourth-order valence-corrected chi connectivity index (χ4v) is 4.19. The van der Waals surface area contributed by atoms with Crippen molar-refractivity contribution in [1.82, 2.24) is 9.88 Å². The van der Waals surface area contributed by atoms with Crippen molar-refractivity contribution in [2.24, 2.45) is 5.92 Å². The molecular weight excluding hydrogens is 352 g/mol. The Kier molecular flexibility index (Phi) is 4.90. The van der Waals surface area contributed by atoms with E-state index in [9.17, 15) is 14.7 Å². The zero-order valence-corrected chi connectivity index (χ0v) is 15.9. The van der Waals surface area contributed by atoms with Gasteiger partial charge in [0.1, 0.15) is 0 Å². The van der Waals surface area contributed by atoms with Gasteiger partial charge >= 0.3 is 5.97 Å². The Bertz CT molecular complexity index is 1010. The Balaban J connectivity index is 1.46. The Morgan fingerprint density at radius 3 is 2.68 bits per heavy atom. The van der Waals surface area contributed by atoms with Crippen molar-refractivity contribution in [3.05, 3.63) is 71.4 Å². The van der Waals surface area contributed by atoms with Gasteiger partial charge in [0, 0.05) is 42.5 Å². The molecule has 2 N–H and O–H groups in total. The number of aryl methyl sites for hydroxylation is 2. The number of aromatic amines is 1. The number of fused-ring (bicyclic) bond motifs is 1. The summed E-state index contributed by atoms with van der Waals surface area (Å²) < 4.78 is 0. The molecule has 5 heteroatoms. The van der Waals surface area contributed by atoms with E-state index in [1.807, 2.05) is 36.5 Å². The van der Waals surface area contributed by atoms with Crippen molar-refractivity contribution >= 4 is 22.8 Å². The molecule has 1 fully saturated rings. The molecule has 1 saturated heterocycles. The first-order valence-corrected chi connectivity index (χ1v) is 9.65. The number of aromatic nitrogens is 1. The molecule has 1 aliphatic rings. The highest BCUT2D eigenvalue weighted by Crippen LogP contribution is 2.33. The van der Waals surface area contributed by atoms with Crippen LogP contribution in [0.4, 0.5) is 0 Å². The minimum Gasteiger partial charge on any atom is -0.481 e. The van der Waals surface area contributed by atoms with E-state index in [1.54, 1.807) is 4.90 Å². The Hall–Kier alpha value is -3.08. The van der Waals surface area contributed by atoms with E-state index in [-0.39, 0.29) is 18.4 Å². The van der Waals surface area contributed by atoms with Gasteiger partial charge in [0.15, 0.2) is 0 Å². The highest BCUT2D eigenvalue weighted by Gasteiger charge is 2.40. The minimum atomic E-state index is -0.837. The third kappa shape index (κ3) is 3.52. The van der Waals surface area contributed by atoms with Crippen LogP contribution >= 0.6 is 0 Å². The lowest BCUT2D eigenvalue weighted by atomic mass is 9.89. The van der Waals surface area contributed by atoms with Crippen LogP contribution in [0.5, 0.6) is 0 Å². The Morgan fingerprint density at radius 2 is 1.93 bits per heavy atom. The molecule has 2 atom stereocenters. The van der Waals surface area contributed by atoms with E-state index in [2.05, 4.69) is 30.1 Å². The van der Waals surface area contributed by atoms with Crippen molar-refractivity contribution in [3.63, 3.8) is 0 Å². The number of likely N-dealkylation sites (tertiary alicyclic amines) is 1. The van der Waals surface area contributed by atoms with E-state index in [0.29, 0.717) is 19.4 Å². The normalized spacial score (nSPS) is 19.2. The van der Waals surface area contributed by atoms with E-state index < -0.39 is 11.9 Å². The number of hydrogen-bond donors (Lipinski definition) is 2. The number of carbonyl (C=O) groups excluding carboxylic acids is 1. The van der Waals surface area contributed by atoms with Crippen LogP contribution in [0.2, 0.25) is 0 Å². The number of carboxylic acids is 1. The summed E-state index contributed by atoms with van der Waals surface area (Å²) in [4.78, 5) is 29.5. The molecule has 5 nitrogen and oxygen atoms in total. The van der Waals surface area contributed by atoms with Gasteiger partial charge in [-0.2, -0.15) is 0 Å². The minimum absolute atomic E-state index is 0.0201. The van der Waals surface area contributed by atoms with Gasteiger partial charge in [-0.1, -0.05) is 42.0 Å². The molecule has 2 unspecified atom stereocenters. The lowest BCUT2D eigenvalue weighted by Gasteiger charge is -2.16. The molecule has 28 heavy (non-hydrogen) atoms. The smallest absolute Gasteiger partial charge is 0.308 e. The second-order valence-corrected chi connectivity index (χ2v) is 7.62. The van der Waals surface area contributed by atoms with Crippen LogP contribution in [0, 0.1) is 12.8 Å². The number of amides is 1. The first kappa shape index (κ1) is 18.3. The maximum atomic E-state index is 12.8. The van der Waals surface area contributed by atoms with Gasteiger partial charge in [-0.05, 0) is 36.6 Å². The fraction of sp³-hybridized carbons (Fsp3) is 0.304.